The minimum atomic E-state index is -1.22. The number of Topliss-reactive ketones (excluding diaryl/α,β-unsaturated/α-hetero) is 3. The van der Waals surface area contributed by atoms with E-state index in [2.05, 4.69) is 148 Å². The van der Waals surface area contributed by atoms with Gasteiger partial charge in [0.25, 0.3) is 29.5 Å². The van der Waals surface area contributed by atoms with E-state index in [-0.39, 0.29) is 60.2 Å². The number of ketones is 3. The number of carbonyl (C=O) groups is 9. The van der Waals surface area contributed by atoms with Crippen LogP contribution in [0.5, 0.6) is 0 Å². The van der Waals surface area contributed by atoms with Crippen LogP contribution in [0, 0.1) is 53.5 Å². The fraction of sp³-hybridized carbons (Fsp3) is 0.220. The summed E-state index contributed by atoms with van der Waals surface area (Å²) in [6, 6.07) is 120. The van der Waals surface area contributed by atoms with E-state index in [1.165, 1.54) is 53.3 Å². The molecule has 9 aliphatic rings. The molecule has 4 bridgehead atoms. The zero-order valence-corrected chi connectivity index (χ0v) is 84.2. The van der Waals surface area contributed by atoms with E-state index in [9.17, 15) is 38.4 Å². The first-order valence-electron chi connectivity index (χ1n) is 47.0. The molecule has 4 heterocycles. The van der Waals surface area contributed by atoms with Crippen LogP contribution in [-0.4, -0.2) is 94.0 Å². The average molecular weight is 2080 g/mol. The first-order chi connectivity index (χ1) is 67.2. The summed E-state index contributed by atoms with van der Waals surface area (Å²) in [4.78, 5) is 129. The number of fused-ring (bicyclic) bond motifs is 11. The van der Waals surface area contributed by atoms with Crippen LogP contribution in [0.1, 0.15) is 148 Å². The van der Waals surface area contributed by atoms with Gasteiger partial charge < -0.3 is 9.64 Å². The third-order valence-electron chi connectivity index (χ3n) is 29.3. The second-order valence-electron chi connectivity index (χ2n) is 36.3. The molecule has 6 amide bonds. The number of imide groups is 3. The molecular formula is C123H114I2N4O11. The third kappa shape index (κ3) is 16.8. The van der Waals surface area contributed by atoms with Crippen LogP contribution >= 0.6 is 45.2 Å². The van der Waals surface area contributed by atoms with Crippen LogP contribution in [-0.2, 0) is 48.4 Å². The summed E-state index contributed by atoms with van der Waals surface area (Å²) in [5, 5.41) is 0. The second kappa shape index (κ2) is 43.0. The Bertz CT molecular complexity index is 6820. The van der Waals surface area contributed by atoms with Crippen LogP contribution < -0.4 is 14.7 Å². The standard InChI is InChI=1S/C38H32O2.C29H22INO3.C28H21NO2.C10H6INO2.C6H15N.C6H6.C4H8O.CO.CH4/c1-25-30(26-17-9-5-10-18-26)38(29-23-15-8-16-24-29)36(3)32(28-21-13-7-14-22-28)31(27-19-11-6-12-20-27)35(2,34(36)40)37(38,4)33(25)39;1-27-21(18-12-6-3-7-13-18)22(19-14-8-4-9-15-19)28(2,25(27)33)29(30)23(27)24(32)31(26(29)34)20-16-10-5-11-17-20;1-18-23(20-12-6-3-7-13-20)24(21-14-8-4-9-15-21)19(2)26-25(18)27(30)29(28(26)31)22-16-10-5-11-17-22;11-8-6-9(13)12(10(8)14)7-4-2-1-3-5-7;1-4-7(5-2)6-3;1-2-4-6-5-3-1;1-2-4-5-3-1;1-2;/h5-24H,1-4H3;3-17,23H,1-2H3;3-17H,1-2H3;1-6H;4-6H2,1-3H3;1-6H;1-4H2;;1H4. The van der Waals surface area contributed by atoms with Gasteiger partial charge in [-0.3, -0.25) is 43.2 Å². The van der Waals surface area contributed by atoms with Gasteiger partial charge in [-0.15, -0.1) is 0 Å². The number of allylic oxidation sites excluding steroid dienone is 6. The van der Waals surface area contributed by atoms with Gasteiger partial charge in [-0.1, -0.05) is 384 Å². The normalized spacial score (nSPS) is 22.8. The maximum absolute atomic E-state index is 15.4. The second-order valence-corrected chi connectivity index (χ2v) is 39.1. The molecule has 706 valence electrons. The van der Waals surface area contributed by atoms with Crippen molar-refractivity contribution in [3.63, 3.8) is 0 Å². The number of alkyl halides is 1. The maximum Gasteiger partial charge on any atom is -0.0623 e. The van der Waals surface area contributed by atoms with Gasteiger partial charge in [-0.25, -0.2) is 14.7 Å². The van der Waals surface area contributed by atoms with Crippen molar-refractivity contribution in [1.82, 2.24) is 4.90 Å². The molecule has 5 aliphatic carbocycles. The summed E-state index contributed by atoms with van der Waals surface area (Å²) in [6.45, 7) is 32.5. The summed E-state index contributed by atoms with van der Waals surface area (Å²) in [6.07, 6.45) is 3.90. The minimum Gasteiger partial charge on any atom is -0.0623 e. The number of halogens is 2. The van der Waals surface area contributed by atoms with Crippen molar-refractivity contribution in [3.05, 3.63) is 448 Å². The first kappa shape index (κ1) is 102. The number of hydrogen-bond donors (Lipinski definition) is 0. The van der Waals surface area contributed by atoms with E-state index in [0.717, 1.165) is 113 Å². The van der Waals surface area contributed by atoms with Crippen molar-refractivity contribution in [1.29, 1.82) is 0 Å². The number of amides is 6. The van der Waals surface area contributed by atoms with E-state index < -0.39 is 41.8 Å². The van der Waals surface area contributed by atoms with Gasteiger partial charge in [-0.2, -0.15) is 0 Å². The molecule has 140 heavy (non-hydrogen) atoms. The van der Waals surface area contributed by atoms with Crippen LogP contribution in [0.3, 0.4) is 0 Å². The first-order valence-corrected chi connectivity index (χ1v) is 49.2. The summed E-state index contributed by atoms with van der Waals surface area (Å²) in [5.41, 5.74) is 13.5. The fourth-order valence-corrected chi connectivity index (χ4v) is 25.3. The monoisotopic (exact) mass is 2080 g/mol. The Balaban J connectivity index is 0.000000143. The Hall–Kier alpha value is -13.6. The molecule has 4 fully saturated rings. The smallest absolute Gasteiger partial charge is 0.0623 e. The van der Waals surface area contributed by atoms with Crippen LogP contribution in [0.2, 0.25) is 0 Å². The topological polar surface area (TPSA) is 196 Å². The van der Waals surface area contributed by atoms with Crippen molar-refractivity contribution < 1.29 is 52.5 Å². The van der Waals surface area contributed by atoms with E-state index in [0.29, 0.717) is 31.8 Å². The molecule has 0 N–H and O–H groups in total. The average Bonchev–Trinajstić information content (AvgIpc) is 1.43. The molecule has 0 radical (unpaired) electrons. The predicted molar refractivity (Wildman–Crippen MR) is 577 cm³/mol. The van der Waals surface area contributed by atoms with Gasteiger partial charge >= 0.3 is 11.3 Å². The van der Waals surface area contributed by atoms with E-state index >= 15 is 4.79 Å². The molecule has 4 aliphatic heterocycles. The molecule has 15 nitrogen and oxygen atoms in total. The van der Waals surface area contributed by atoms with Gasteiger partial charge in [0.1, 0.15) is 3.42 Å². The Morgan fingerprint density at radius 2 is 0.664 bits per heavy atom. The molecule has 0 spiro atoms. The van der Waals surface area contributed by atoms with E-state index in [1.54, 1.807) is 48.5 Å². The number of benzene rings is 13. The molecule has 2 saturated carbocycles. The molecule has 0 aromatic heterocycles. The molecular weight excluding hydrogens is 1960 g/mol. The Morgan fingerprint density at radius 3 is 0.993 bits per heavy atom. The zero-order chi connectivity index (χ0) is 98.9. The number of carbonyl (C=O) groups excluding carboxylic acids is 9. The summed E-state index contributed by atoms with van der Waals surface area (Å²) < 4.78 is 11.7. The van der Waals surface area contributed by atoms with Gasteiger partial charge in [0, 0.05) is 19.3 Å². The van der Waals surface area contributed by atoms with Crippen molar-refractivity contribution >= 4 is 143 Å². The van der Waals surface area contributed by atoms with Crippen molar-refractivity contribution in [3.8, 4) is 22.3 Å². The fourth-order valence-electron chi connectivity index (χ4n) is 23.2. The van der Waals surface area contributed by atoms with Gasteiger partial charge in [0.15, 0.2) is 17.3 Å². The molecule has 22 rings (SSSR count). The summed E-state index contributed by atoms with van der Waals surface area (Å²) in [7, 11) is 0. The number of anilines is 3. The molecule has 13 aromatic carbocycles. The molecule has 8 unspecified atom stereocenters. The zero-order valence-electron chi connectivity index (χ0n) is 79.9. The summed E-state index contributed by atoms with van der Waals surface area (Å²) >= 11 is 4.00. The third-order valence-corrected chi connectivity index (χ3v) is 32.3. The maximum atomic E-state index is 15.4. The molecule has 8 atom stereocenters. The van der Waals surface area contributed by atoms with Gasteiger partial charge in [0.05, 0.1) is 70.2 Å². The van der Waals surface area contributed by atoms with Crippen LogP contribution in [0.25, 0.3) is 50.1 Å². The van der Waals surface area contributed by atoms with Crippen molar-refractivity contribution in [2.75, 3.05) is 47.5 Å². The van der Waals surface area contributed by atoms with Crippen LogP contribution in [0.4, 0.5) is 17.1 Å². The quantitative estimate of drug-likeness (QED) is 0.0330. The van der Waals surface area contributed by atoms with Crippen molar-refractivity contribution in [2.24, 2.45) is 33.0 Å². The predicted octanol–water partition coefficient (Wildman–Crippen LogP) is 26.5. The Morgan fingerprint density at radius 1 is 0.364 bits per heavy atom. The van der Waals surface area contributed by atoms with Gasteiger partial charge in [-0.05, 0) is 247 Å². The number of para-hydroxylation sites is 3. The van der Waals surface area contributed by atoms with E-state index in [1.807, 2.05) is 306 Å². The molecule has 13 aromatic rings. The van der Waals surface area contributed by atoms with Crippen molar-refractivity contribution in [2.45, 2.75) is 105 Å². The van der Waals surface area contributed by atoms with Crippen LogP contribution in [0.15, 0.2) is 385 Å². The van der Waals surface area contributed by atoms with E-state index in [4.69, 9.17) is 9.39 Å². The number of rotatable bonds is 14. The Kier molecular flexibility index (Phi) is 31.4. The Labute approximate surface area is 849 Å². The SMILES string of the molecule is C.C1CCOC1.CC12C(=O)C(C)(C(c3ccccc3)=C1c1ccccc1)C1(I)C(=O)N(c3ccccc3)C(=O)C21.CC1=C(c2ccccc2)C2(c3ccccc3)C3(C)C(=O)C(C)(C(c4ccccc4)=C3c3ccccc3)C2(C)C1=O.CCN(CC)CC.Cc1c2c(c(C)c(-c3ccccc3)c1-c1ccccc1)C(=O)N(c1ccccc1)C2=O.O=C1C=C(I)C(=O)N1c1ccccc1.[C-]#[O+].c1ccccc1. The molecule has 17 heteroatoms. The summed E-state index contributed by atoms with van der Waals surface area (Å²) in [5.74, 6) is -2.30. The minimum absolute atomic E-state index is 0. The largest absolute Gasteiger partial charge is 0.0623 e. The number of ether oxygens (including phenoxy) is 1. The molecule has 2 saturated heterocycles. The number of hydrogen-bond acceptors (Lipinski definition) is 11. The van der Waals surface area contributed by atoms with Gasteiger partial charge in [0.2, 0.25) is 5.91 Å². The number of nitrogens with zero attached hydrogens (tertiary/aromatic N) is 4.